The number of hydrogen-bond donors (Lipinski definition) is 0. The molecular weight excluding hydrogens is 514 g/mol. The van der Waals surface area contributed by atoms with Gasteiger partial charge in [-0.05, 0) is 42.5 Å². The van der Waals surface area contributed by atoms with Crippen LogP contribution in [-0.2, 0) is 16.6 Å². The van der Waals surface area contributed by atoms with Crippen LogP contribution in [0.25, 0.3) is 0 Å². The van der Waals surface area contributed by atoms with Gasteiger partial charge < -0.3 is 28.1 Å². The Morgan fingerprint density at radius 3 is 2.60 bits per heavy atom. The van der Waals surface area contributed by atoms with Crippen molar-refractivity contribution in [2.75, 3.05) is 60.2 Å². The molecule has 0 spiro atoms. The number of methoxy groups -OCH3 is 2. The topological polar surface area (TPSA) is 102 Å². The lowest BCUT2D eigenvalue weighted by Gasteiger charge is -2.31. The first-order valence-electron chi connectivity index (χ1n) is 13.3. The molecule has 1 atom stereocenters. The molecule has 1 aromatic carbocycles. The lowest BCUT2D eigenvalue weighted by atomic mass is 9.99. The zero-order valence-corrected chi connectivity index (χ0v) is 23.1. The summed E-state index contributed by atoms with van der Waals surface area (Å²) in [6.07, 6.45) is 3.88. The smallest absolute Gasteiger partial charge is 0.290 e. The molecule has 11 nitrogen and oxygen atoms in total. The highest BCUT2D eigenvalue weighted by Gasteiger charge is 2.37. The third-order valence-corrected chi connectivity index (χ3v) is 7.34. The van der Waals surface area contributed by atoms with Gasteiger partial charge in [-0.25, -0.2) is 5.01 Å². The van der Waals surface area contributed by atoms with Crippen molar-refractivity contribution in [2.45, 2.75) is 12.5 Å². The van der Waals surface area contributed by atoms with E-state index in [1.54, 1.807) is 26.4 Å². The fraction of sp³-hybridized carbons (Fsp3) is 0.414. The highest BCUT2D eigenvalue weighted by Crippen LogP contribution is 2.39. The Hall–Kier alpha value is -4.09. The van der Waals surface area contributed by atoms with E-state index in [0.29, 0.717) is 44.2 Å². The van der Waals surface area contributed by atoms with Crippen LogP contribution in [0.3, 0.4) is 0 Å². The van der Waals surface area contributed by atoms with Gasteiger partial charge in [0.05, 0.1) is 51.1 Å². The van der Waals surface area contributed by atoms with Gasteiger partial charge in [0.15, 0.2) is 5.76 Å². The fourth-order valence-electron chi connectivity index (χ4n) is 5.13. The number of aryl methyl sites for hydroxylation is 1. The zero-order valence-electron chi connectivity index (χ0n) is 23.1. The number of aromatic nitrogens is 1. The number of ether oxygens (including phenoxy) is 3. The summed E-state index contributed by atoms with van der Waals surface area (Å²) in [5.74, 6) is 0.822. The second kappa shape index (κ2) is 12.4. The molecule has 0 bridgehead atoms. The van der Waals surface area contributed by atoms with Crippen molar-refractivity contribution in [3.63, 3.8) is 0 Å². The summed E-state index contributed by atoms with van der Waals surface area (Å²) in [7, 11) is 5.14. The molecule has 2 aliphatic heterocycles. The average Bonchev–Trinajstić information content (AvgIpc) is 3.76. The van der Waals surface area contributed by atoms with E-state index in [4.69, 9.17) is 23.7 Å². The van der Waals surface area contributed by atoms with Crippen LogP contribution in [0.5, 0.6) is 11.5 Å². The Kier molecular flexibility index (Phi) is 8.51. The van der Waals surface area contributed by atoms with Crippen molar-refractivity contribution in [2.24, 2.45) is 12.1 Å². The van der Waals surface area contributed by atoms with Crippen LogP contribution in [0.4, 0.5) is 0 Å². The monoisotopic (exact) mass is 549 g/mol. The fourth-order valence-corrected chi connectivity index (χ4v) is 5.13. The van der Waals surface area contributed by atoms with Crippen LogP contribution in [0.15, 0.2) is 64.4 Å². The molecule has 0 saturated carbocycles. The number of nitrogens with zero attached hydrogens (tertiary/aromatic N) is 5. The molecule has 0 unspecified atom stereocenters. The molecule has 212 valence electrons. The Bertz CT molecular complexity index is 1340. The van der Waals surface area contributed by atoms with Crippen molar-refractivity contribution in [3.05, 3.63) is 71.9 Å². The predicted molar refractivity (Wildman–Crippen MR) is 148 cm³/mol. The maximum absolute atomic E-state index is 14.0. The number of furan rings is 1. The van der Waals surface area contributed by atoms with Crippen molar-refractivity contribution in [3.8, 4) is 11.5 Å². The molecule has 11 heteroatoms. The number of carbonyl (C=O) groups is 2. The van der Waals surface area contributed by atoms with E-state index in [-0.39, 0.29) is 24.1 Å². The molecule has 5 rings (SSSR count). The van der Waals surface area contributed by atoms with Crippen LogP contribution in [-0.4, -0.2) is 97.1 Å². The lowest BCUT2D eigenvalue weighted by Crippen LogP contribution is -2.46. The van der Waals surface area contributed by atoms with Gasteiger partial charge in [-0.2, -0.15) is 5.10 Å². The minimum atomic E-state index is -0.442. The molecule has 1 fully saturated rings. The molecule has 2 amide bonds. The van der Waals surface area contributed by atoms with Crippen molar-refractivity contribution >= 4 is 17.5 Å². The van der Waals surface area contributed by atoms with E-state index in [0.717, 1.165) is 30.1 Å². The summed E-state index contributed by atoms with van der Waals surface area (Å²) in [5.41, 5.74) is 2.46. The van der Waals surface area contributed by atoms with Gasteiger partial charge in [0.2, 0.25) is 0 Å². The third-order valence-electron chi connectivity index (χ3n) is 7.34. The van der Waals surface area contributed by atoms with Gasteiger partial charge in [0, 0.05) is 51.4 Å². The van der Waals surface area contributed by atoms with E-state index in [1.807, 2.05) is 48.1 Å². The van der Waals surface area contributed by atoms with Gasteiger partial charge in [0.1, 0.15) is 18.0 Å². The second-order valence-electron chi connectivity index (χ2n) is 9.78. The first-order valence-corrected chi connectivity index (χ1v) is 13.3. The molecule has 0 radical (unpaired) electrons. The number of amides is 2. The molecule has 3 aromatic rings. The molecule has 0 aliphatic carbocycles. The van der Waals surface area contributed by atoms with Gasteiger partial charge in [-0.15, -0.1) is 0 Å². The number of hydrogen-bond acceptors (Lipinski definition) is 8. The Balaban J connectivity index is 1.44. The molecule has 4 heterocycles. The standard InChI is InChI=1S/C29H35N5O6/c1-31-10-4-6-24(31)23-19-25(22-18-21(37-2)8-9-26(22)38-3)34(30-23)28(35)20-33(29(36)27-7-5-15-40-27)12-11-32-13-16-39-17-14-32/h4-10,15,18,25H,11-14,16-17,19-20H2,1-3H3/t25-/m0/s1. The van der Waals surface area contributed by atoms with E-state index in [2.05, 4.69) is 4.90 Å². The lowest BCUT2D eigenvalue weighted by molar-refractivity contribution is -0.133. The van der Waals surface area contributed by atoms with Crippen LogP contribution in [0.1, 0.15) is 34.3 Å². The first kappa shape index (κ1) is 27.5. The van der Waals surface area contributed by atoms with Crippen LogP contribution in [0.2, 0.25) is 0 Å². The SMILES string of the molecule is COc1ccc(OC)c([C@@H]2CC(c3cccn3C)=NN2C(=O)CN(CCN2CCOCC2)C(=O)c2ccco2)c1. The summed E-state index contributed by atoms with van der Waals surface area (Å²) in [6, 6.07) is 12.3. The minimum absolute atomic E-state index is 0.156. The molecule has 2 aromatic heterocycles. The zero-order chi connectivity index (χ0) is 28.1. The van der Waals surface area contributed by atoms with Crippen LogP contribution < -0.4 is 9.47 Å². The average molecular weight is 550 g/mol. The highest BCUT2D eigenvalue weighted by molar-refractivity contribution is 6.02. The number of morpholine rings is 1. The van der Waals surface area contributed by atoms with Gasteiger partial charge in [-0.3, -0.25) is 14.5 Å². The van der Waals surface area contributed by atoms with E-state index in [9.17, 15) is 9.59 Å². The molecule has 1 saturated heterocycles. The summed E-state index contributed by atoms with van der Waals surface area (Å²) in [4.78, 5) is 31.2. The largest absolute Gasteiger partial charge is 0.497 e. The van der Waals surface area contributed by atoms with Crippen molar-refractivity contribution in [1.29, 1.82) is 0 Å². The van der Waals surface area contributed by atoms with Crippen LogP contribution in [0, 0.1) is 0 Å². The second-order valence-corrected chi connectivity index (χ2v) is 9.78. The summed E-state index contributed by atoms with van der Waals surface area (Å²) >= 11 is 0. The summed E-state index contributed by atoms with van der Waals surface area (Å²) < 4.78 is 24.0. The van der Waals surface area contributed by atoms with Gasteiger partial charge in [0.25, 0.3) is 11.8 Å². The molecule has 2 aliphatic rings. The third kappa shape index (κ3) is 5.90. The number of carbonyl (C=O) groups excluding carboxylic acids is 2. The highest BCUT2D eigenvalue weighted by atomic mass is 16.5. The van der Waals surface area contributed by atoms with E-state index < -0.39 is 6.04 Å². The number of hydrazone groups is 1. The first-order chi connectivity index (χ1) is 19.5. The number of benzene rings is 1. The normalized spacial score (nSPS) is 17.5. The minimum Gasteiger partial charge on any atom is -0.497 e. The van der Waals surface area contributed by atoms with Crippen molar-refractivity contribution in [1.82, 2.24) is 19.4 Å². The maximum Gasteiger partial charge on any atom is 0.290 e. The van der Waals surface area contributed by atoms with Gasteiger partial charge >= 0.3 is 0 Å². The van der Waals surface area contributed by atoms with Crippen molar-refractivity contribution < 1.29 is 28.2 Å². The van der Waals surface area contributed by atoms with E-state index in [1.165, 1.54) is 16.2 Å². The Labute approximate surface area is 233 Å². The maximum atomic E-state index is 14.0. The molecule has 0 N–H and O–H groups in total. The molecule has 40 heavy (non-hydrogen) atoms. The Morgan fingerprint density at radius 2 is 1.93 bits per heavy atom. The van der Waals surface area contributed by atoms with Crippen LogP contribution >= 0.6 is 0 Å². The predicted octanol–water partition coefficient (Wildman–Crippen LogP) is 2.79. The molecular formula is C29H35N5O6. The Morgan fingerprint density at radius 1 is 1.10 bits per heavy atom. The number of rotatable bonds is 10. The van der Waals surface area contributed by atoms with Gasteiger partial charge in [-0.1, -0.05) is 0 Å². The summed E-state index contributed by atoms with van der Waals surface area (Å²) in [5, 5.41) is 6.28. The summed E-state index contributed by atoms with van der Waals surface area (Å²) in [6.45, 7) is 3.69. The quantitative estimate of drug-likeness (QED) is 0.383. The van der Waals surface area contributed by atoms with E-state index >= 15 is 0 Å².